The van der Waals surface area contributed by atoms with E-state index >= 15 is 0 Å². The lowest BCUT2D eigenvalue weighted by molar-refractivity contribution is 0.106. The van der Waals surface area contributed by atoms with E-state index in [1.807, 2.05) is 30.3 Å². The van der Waals surface area contributed by atoms with Gasteiger partial charge in [-0.15, -0.1) is 0 Å². The Kier molecular flexibility index (Phi) is 7.82. The van der Waals surface area contributed by atoms with Crippen molar-refractivity contribution in [2.75, 3.05) is 45.5 Å². The summed E-state index contributed by atoms with van der Waals surface area (Å²) >= 11 is 0. The van der Waals surface area contributed by atoms with Gasteiger partial charge in [-0.2, -0.15) is 5.26 Å². The van der Waals surface area contributed by atoms with Crippen molar-refractivity contribution >= 4 is 9.84 Å². The minimum absolute atomic E-state index is 0.456. The van der Waals surface area contributed by atoms with Crippen LogP contribution < -0.4 is 0 Å². The molecule has 0 N–H and O–H groups in total. The molecule has 0 atom stereocenters. The van der Waals surface area contributed by atoms with Crippen LogP contribution in [0.3, 0.4) is 0 Å². The molecule has 0 saturated carbocycles. The average molecular weight is 467 g/mol. The fourth-order valence-electron chi connectivity index (χ4n) is 5.20. The Morgan fingerprint density at radius 1 is 0.848 bits per heavy atom. The summed E-state index contributed by atoms with van der Waals surface area (Å²) in [5.41, 5.74) is 2.81. The number of sulfone groups is 1. The van der Waals surface area contributed by atoms with Crippen molar-refractivity contribution in [3.05, 3.63) is 65.2 Å². The predicted molar refractivity (Wildman–Crippen MR) is 130 cm³/mol. The third-order valence-corrected chi connectivity index (χ3v) is 8.19. The maximum Gasteiger partial charge on any atom is 0.175 e. The molecule has 0 unspecified atom stereocenters. The first kappa shape index (κ1) is 23.9. The van der Waals surface area contributed by atoms with E-state index in [4.69, 9.17) is 0 Å². The third kappa shape index (κ3) is 6.21. The SMILES string of the molecule is CS(=O)(=O)c1ccccc1CN1CCC(N2CCCN(Cc3ccccc3C#N)CC2)CC1. The zero-order valence-corrected chi connectivity index (χ0v) is 20.3. The van der Waals surface area contributed by atoms with E-state index in [1.165, 1.54) is 6.26 Å². The summed E-state index contributed by atoms with van der Waals surface area (Å²) in [6.45, 7) is 7.82. The summed E-state index contributed by atoms with van der Waals surface area (Å²) in [5, 5.41) is 9.37. The topological polar surface area (TPSA) is 67.7 Å². The predicted octanol–water partition coefficient (Wildman–Crippen LogP) is 3.13. The van der Waals surface area contributed by atoms with Gasteiger partial charge in [-0.3, -0.25) is 14.7 Å². The molecule has 2 aromatic carbocycles. The average Bonchev–Trinajstić information content (AvgIpc) is 3.05. The van der Waals surface area contributed by atoms with E-state index in [0.717, 1.165) is 81.8 Å². The van der Waals surface area contributed by atoms with Crippen LogP contribution in [0.1, 0.15) is 36.0 Å². The van der Waals surface area contributed by atoms with Crippen molar-refractivity contribution < 1.29 is 8.42 Å². The van der Waals surface area contributed by atoms with E-state index in [-0.39, 0.29) is 0 Å². The van der Waals surface area contributed by atoms with Gasteiger partial charge in [-0.1, -0.05) is 36.4 Å². The van der Waals surface area contributed by atoms with Crippen LogP contribution >= 0.6 is 0 Å². The Bertz CT molecular complexity index is 1090. The lowest BCUT2D eigenvalue weighted by Crippen LogP contribution is -2.46. The molecule has 6 nitrogen and oxygen atoms in total. The molecule has 0 aromatic heterocycles. The molecule has 2 aliphatic rings. The molecular formula is C26H34N4O2S. The second kappa shape index (κ2) is 10.8. The summed E-state index contributed by atoms with van der Waals surface area (Å²) < 4.78 is 24.2. The van der Waals surface area contributed by atoms with Gasteiger partial charge in [0.2, 0.25) is 0 Å². The Morgan fingerprint density at radius 3 is 2.21 bits per heavy atom. The van der Waals surface area contributed by atoms with E-state index in [0.29, 0.717) is 17.5 Å². The number of likely N-dealkylation sites (tertiary alicyclic amines) is 1. The summed E-state index contributed by atoms with van der Waals surface area (Å²) in [4.78, 5) is 7.98. The van der Waals surface area contributed by atoms with E-state index < -0.39 is 9.84 Å². The largest absolute Gasteiger partial charge is 0.299 e. The number of hydrogen-bond acceptors (Lipinski definition) is 6. The molecule has 33 heavy (non-hydrogen) atoms. The number of nitriles is 1. The maximum atomic E-state index is 12.1. The van der Waals surface area contributed by atoms with Crippen LogP contribution in [-0.4, -0.2) is 74.7 Å². The first-order valence-corrected chi connectivity index (χ1v) is 13.8. The highest BCUT2D eigenvalue weighted by Gasteiger charge is 2.27. The van der Waals surface area contributed by atoms with Crippen molar-refractivity contribution in [1.29, 1.82) is 5.26 Å². The minimum atomic E-state index is -3.21. The van der Waals surface area contributed by atoms with Gasteiger partial charge >= 0.3 is 0 Å². The maximum absolute atomic E-state index is 12.1. The molecule has 2 aromatic rings. The van der Waals surface area contributed by atoms with Crippen molar-refractivity contribution in [3.8, 4) is 6.07 Å². The second-order valence-electron chi connectivity index (χ2n) is 9.32. The number of nitrogens with zero attached hydrogens (tertiary/aromatic N) is 4. The van der Waals surface area contributed by atoms with Gasteiger partial charge in [-0.25, -0.2) is 8.42 Å². The number of rotatable bonds is 6. The molecule has 2 aliphatic heterocycles. The van der Waals surface area contributed by atoms with Crippen LogP contribution in [0.5, 0.6) is 0 Å². The molecule has 0 spiro atoms. The standard InChI is InChI=1S/C26H34N4O2S/c1-33(31,32)26-10-5-4-9-24(26)21-29-15-11-25(12-16-29)30-14-6-13-28(17-18-30)20-23-8-3-2-7-22(23)19-27/h2-5,7-10,25H,6,11-18,20-21H2,1H3. The van der Waals surface area contributed by atoms with Crippen molar-refractivity contribution in [2.24, 2.45) is 0 Å². The lowest BCUT2D eigenvalue weighted by Gasteiger charge is -2.38. The van der Waals surface area contributed by atoms with E-state index in [9.17, 15) is 13.7 Å². The molecular weight excluding hydrogens is 432 g/mol. The summed E-state index contributed by atoms with van der Waals surface area (Å²) in [5.74, 6) is 0. The monoisotopic (exact) mass is 466 g/mol. The highest BCUT2D eigenvalue weighted by atomic mass is 32.2. The Morgan fingerprint density at radius 2 is 1.48 bits per heavy atom. The van der Waals surface area contributed by atoms with Crippen LogP contribution in [0.15, 0.2) is 53.4 Å². The highest BCUT2D eigenvalue weighted by Crippen LogP contribution is 2.23. The van der Waals surface area contributed by atoms with Crippen LogP contribution in [-0.2, 0) is 22.9 Å². The molecule has 2 fully saturated rings. The molecule has 0 aliphatic carbocycles. The van der Waals surface area contributed by atoms with Gasteiger partial charge in [0, 0.05) is 38.5 Å². The molecule has 0 radical (unpaired) electrons. The molecule has 7 heteroatoms. The van der Waals surface area contributed by atoms with Crippen molar-refractivity contribution in [1.82, 2.24) is 14.7 Å². The number of benzene rings is 2. The van der Waals surface area contributed by atoms with E-state index in [1.54, 1.807) is 12.1 Å². The molecule has 0 amide bonds. The highest BCUT2D eigenvalue weighted by molar-refractivity contribution is 7.90. The van der Waals surface area contributed by atoms with Crippen LogP contribution in [0, 0.1) is 11.3 Å². The molecule has 4 rings (SSSR count). The molecule has 176 valence electrons. The third-order valence-electron chi connectivity index (χ3n) is 6.99. The van der Waals surface area contributed by atoms with Gasteiger partial charge in [0.05, 0.1) is 16.5 Å². The normalized spacial score (nSPS) is 19.8. The lowest BCUT2D eigenvalue weighted by atomic mass is 10.0. The van der Waals surface area contributed by atoms with Crippen molar-refractivity contribution in [2.45, 2.75) is 43.3 Å². The zero-order chi connectivity index (χ0) is 23.3. The van der Waals surface area contributed by atoms with Gasteiger partial charge in [0.15, 0.2) is 9.84 Å². The van der Waals surface area contributed by atoms with Gasteiger partial charge < -0.3 is 0 Å². The van der Waals surface area contributed by atoms with E-state index in [2.05, 4.69) is 26.8 Å². The number of piperidine rings is 1. The smallest absolute Gasteiger partial charge is 0.175 e. The van der Waals surface area contributed by atoms with Gasteiger partial charge in [0.1, 0.15) is 0 Å². The van der Waals surface area contributed by atoms with Crippen LogP contribution in [0.2, 0.25) is 0 Å². The zero-order valence-electron chi connectivity index (χ0n) is 19.5. The summed E-state index contributed by atoms with van der Waals surface area (Å²) in [7, 11) is -3.21. The summed E-state index contributed by atoms with van der Waals surface area (Å²) in [6, 6.07) is 18.2. The first-order valence-electron chi connectivity index (χ1n) is 11.9. The van der Waals surface area contributed by atoms with Crippen LogP contribution in [0.4, 0.5) is 0 Å². The fraction of sp³-hybridized carbons (Fsp3) is 0.500. The molecule has 2 heterocycles. The second-order valence-corrected chi connectivity index (χ2v) is 11.3. The summed E-state index contributed by atoms with van der Waals surface area (Å²) in [6.07, 6.45) is 4.69. The quantitative estimate of drug-likeness (QED) is 0.652. The minimum Gasteiger partial charge on any atom is -0.299 e. The number of hydrogen-bond donors (Lipinski definition) is 0. The molecule has 2 saturated heterocycles. The molecule has 0 bridgehead atoms. The Labute approximate surface area is 198 Å². The Balaban J connectivity index is 1.29. The fourth-order valence-corrected chi connectivity index (χ4v) is 6.14. The van der Waals surface area contributed by atoms with Gasteiger partial charge in [-0.05, 0) is 68.7 Å². The van der Waals surface area contributed by atoms with Gasteiger partial charge in [0.25, 0.3) is 0 Å². The first-order chi connectivity index (χ1) is 15.9. The van der Waals surface area contributed by atoms with Crippen molar-refractivity contribution in [3.63, 3.8) is 0 Å². The Hall–Kier alpha value is -2.24. The van der Waals surface area contributed by atoms with Crippen LogP contribution in [0.25, 0.3) is 0 Å².